The summed E-state index contributed by atoms with van der Waals surface area (Å²) in [7, 11) is 3.09. The van der Waals surface area contributed by atoms with Crippen molar-refractivity contribution in [1.82, 2.24) is 4.98 Å². The van der Waals surface area contributed by atoms with Crippen LogP contribution in [-0.2, 0) is 15.1 Å². The summed E-state index contributed by atoms with van der Waals surface area (Å²) in [5, 5.41) is 3.87. The van der Waals surface area contributed by atoms with Crippen molar-refractivity contribution in [2.45, 2.75) is 12.0 Å². The Balaban J connectivity index is 1.68. The van der Waals surface area contributed by atoms with Crippen LogP contribution < -0.4 is 19.7 Å². The molecule has 1 unspecified atom stereocenters. The van der Waals surface area contributed by atoms with Crippen molar-refractivity contribution in [2.24, 2.45) is 0 Å². The molecule has 0 aliphatic carbocycles. The zero-order valence-electron chi connectivity index (χ0n) is 18.8. The number of fused-ring (bicyclic) bond motifs is 1. The van der Waals surface area contributed by atoms with Crippen LogP contribution in [0.15, 0.2) is 85.1 Å². The number of nitrogens with zero attached hydrogens (tertiary/aromatic N) is 2. The Morgan fingerprint density at radius 1 is 0.941 bits per heavy atom. The molecule has 1 atom stereocenters. The van der Waals surface area contributed by atoms with Crippen molar-refractivity contribution in [2.75, 3.05) is 24.4 Å². The van der Waals surface area contributed by atoms with Crippen LogP contribution >= 0.6 is 0 Å². The Kier molecular flexibility index (Phi) is 5.37. The fourth-order valence-corrected chi connectivity index (χ4v) is 4.50. The lowest BCUT2D eigenvalue weighted by molar-refractivity contribution is -0.137. The maximum Gasteiger partial charge on any atom is 0.256 e. The van der Waals surface area contributed by atoms with Crippen molar-refractivity contribution >= 4 is 34.1 Å². The summed E-state index contributed by atoms with van der Waals surface area (Å²) in [6.07, 6.45) is 1.73. The summed E-state index contributed by atoms with van der Waals surface area (Å²) >= 11 is 0. The Morgan fingerprint density at radius 2 is 1.68 bits per heavy atom. The molecule has 7 nitrogen and oxygen atoms in total. The highest BCUT2D eigenvalue weighted by atomic mass is 16.5. The van der Waals surface area contributed by atoms with E-state index in [1.807, 2.05) is 54.6 Å². The maximum absolute atomic E-state index is 14.0. The predicted octanol–water partition coefficient (Wildman–Crippen LogP) is 4.52. The van der Waals surface area contributed by atoms with Gasteiger partial charge in [-0.1, -0.05) is 36.4 Å². The van der Waals surface area contributed by atoms with Gasteiger partial charge in [0.2, 0.25) is 5.91 Å². The van der Waals surface area contributed by atoms with Crippen LogP contribution in [0, 0.1) is 0 Å². The minimum absolute atomic E-state index is 0.0117. The molecule has 4 aromatic rings. The Bertz CT molecular complexity index is 1400. The molecule has 0 bridgehead atoms. The largest absolute Gasteiger partial charge is 0.495 e. The van der Waals surface area contributed by atoms with Gasteiger partial charge in [-0.05, 0) is 48.0 Å². The van der Waals surface area contributed by atoms with Gasteiger partial charge in [0.15, 0.2) is 5.54 Å². The first-order valence-electron chi connectivity index (χ1n) is 10.8. The predicted molar refractivity (Wildman–Crippen MR) is 130 cm³/mol. The average Bonchev–Trinajstić information content (AvgIpc) is 2.87. The van der Waals surface area contributed by atoms with E-state index in [9.17, 15) is 9.59 Å². The first-order valence-corrected chi connectivity index (χ1v) is 10.8. The number of aromatic nitrogens is 1. The molecule has 1 aliphatic rings. The van der Waals surface area contributed by atoms with Gasteiger partial charge >= 0.3 is 0 Å². The number of benzene rings is 3. The number of carbonyl (C=O) groups is 2. The van der Waals surface area contributed by atoms with Gasteiger partial charge in [0.25, 0.3) is 5.91 Å². The number of nitrogens with one attached hydrogen (secondary N) is 1. The Morgan fingerprint density at radius 3 is 2.44 bits per heavy atom. The number of methoxy groups -OCH3 is 2. The Labute approximate surface area is 196 Å². The number of para-hydroxylation sites is 4. The summed E-state index contributed by atoms with van der Waals surface area (Å²) < 4.78 is 10.9. The molecule has 2 heterocycles. The molecule has 1 aliphatic heterocycles. The van der Waals surface area contributed by atoms with E-state index in [0.29, 0.717) is 28.4 Å². The molecule has 3 aromatic carbocycles. The quantitative estimate of drug-likeness (QED) is 0.434. The first-order chi connectivity index (χ1) is 16.6. The van der Waals surface area contributed by atoms with Gasteiger partial charge in [-0.15, -0.1) is 0 Å². The summed E-state index contributed by atoms with van der Waals surface area (Å²) in [4.78, 5) is 33.0. The van der Waals surface area contributed by atoms with Gasteiger partial charge in [0.1, 0.15) is 11.5 Å². The summed E-state index contributed by atoms with van der Waals surface area (Å²) in [6, 6.07) is 23.8. The summed E-state index contributed by atoms with van der Waals surface area (Å²) in [6.45, 7) is 0. The third-order valence-electron chi connectivity index (χ3n) is 6.18. The molecular formula is C27H23N3O4. The van der Waals surface area contributed by atoms with E-state index in [1.165, 1.54) is 4.90 Å². The minimum atomic E-state index is -1.28. The summed E-state index contributed by atoms with van der Waals surface area (Å²) in [5.74, 6) is 0.521. The van der Waals surface area contributed by atoms with Crippen molar-refractivity contribution in [3.8, 4) is 11.5 Å². The number of anilines is 2. The van der Waals surface area contributed by atoms with Gasteiger partial charge in [-0.2, -0.15) is 0 Å². The third kappa shape index (κ3) is 3.33. The smallest absolute Gasteiger partial charge is 0.256 e. The fraction of sp³-hybridized carbons (Fsp3) is 0.148. The molecule has 34 heavy (non-hydrogen) atoms. The molecule has 7 heteroatoms. The zero-order valence-corrected chi connectivity index (χ0v) is 18.8. The number of amides is 2. The van der Waals surface area contributed by atoms with Crippen LogP contribution in [0.4, 0.5) is 11.4 Å². The molecule has 0 saturated carbocycles. The second-order valence-electron chi connectivity index (χ2n) is 8.00. The van der Waals surface area contributed by atoms with Crippen LogP contribution in [-0.4, -0.2) is 31.0 Å². The average molecular weight is 453 g/mol. The monoisotopic (exact) mass is 453 g/mol. The molecule has 170 valence electrons. The van der Waals surface area contributed by atoms with Crippen LogP contribution in [0.25, 0.3) is 10.9 Å². The van der Waals surface area contributed by atoms with Gasteiger partial charge in [0, 0.05) is 11.6 Å². The van der Waals surface area contributed by atoms with E-state index in [0.717, 1.165) is 10.9 Å². The van der Waals surface area contributed by atoms with E-state index < -0.39 is 5.54 Å². The summed E-state index contributed by atoms with van der Waals surface area (Å²) in [5.41, 5.74) is 1.27. The first kappa shape index (κ1) is 21.5. The molecular weight excluding hydrogens is 430 g/mol. The van der Waals surface area contributed by atoms with E-state index in [4.69, 9.17) is 9.47 Å². The van der Waals surface area contributed by atoms with Crippen molar-refractivity contribution in [1.29, 1.82) is 0 Å². The van der Waals surface area contributed by atoms with E-state index in [-0.39, 0.29) is 18.2 Å². The van der Waals surface area contributed by atoms with Crippen LogP contribution in [0.3, 0.4) is 0 Å². The molecule has 1 N–H and O–H groups in total. The molecule has 0 radical (unpaired) electrons. The van der Waals surface area contributed by atoms with Crippen molar-refractivity contribution in [3.63, 3.8) is 0 Å². The lowest BCUT2D eigenvalue weighted by atomic mass is 9.75. The highest BCUT2D eigenvalue weighted by Gasteiger charge is 2.59. The van der Waals surface area contributed by atoms with Gasteiger partial charge in [0.05, 0.1) is 37.5 Å². The molecule has 0 spiro atoms. The normalized spacial score (nSPS) is 17.2. The molecule has 1 aromatic heterocycles. The van der Waals surface area contributed by atoms with Gasteiger partial charge in [-0.3, -0.25) is 19.5 Å². The highest BCUT2D eigenvalue weighted by molar-refractivity contribution is 6.18. The van der Waals surface area contributed by atoms with E-state index in [1.54, 1.807) is 44.7 Å². The number of hydrogen-bond acceptors (Lipinski definition) is 5. The SMILES string of the molecule is COc1ccccc1NC(=O)C1(c2ccc3ncccc3c2)CC(=O)N1c1ccccc1OC. The Hall–Kier alpha value is -4.39. The number of β-lactam (4-membered cyclic amide) rings is 1. The number of carbonyl (C=O) groups excluding carboxylic acids is 2. The van der Waals surface area contributed by atoms with Gasteiger partial charge < -0.3 is 14.8 Å². The van der Waals surface area contributed by atoms with Crippen LogP contribution in [0.5, 0.6) is 11.5 Å². The number of rotatable bonds is 6. The molecule has 1 saturated heterocycles. The van der Waals surface area contributed by atoms with E-state index in [2.05, 4.69) is 10.3 Å². The molecule has 2 amide bonds. The van der Waals surface area contributed by atoms with Crippen molar-refractivity contribution < 1.29 is 19.1 Å². The second-order valence-corrected chi connectivity index (χ2v) is 8.00. The van der Waals surface area contributed by atoms with E-state index >= 15 is 0 Å². The maximum atomic E-state index is 14.0. The van der Waals surface area contributed by atoms with Gasteiger partial charge in [-0.25, -0.2) is 0 Å². The standard InChI is InChI=1S/C27H23N3O4/c1-33-23-11-5-3-9-21(23)29-26(32)27(19-13-14-20-18(16-19)8-7-15-28-20)17-25(31)30(27)22-10-4-6-12-24(22)34-2/h3-16H,17H2,1-2H3,(H,29,32). The number of pyridine rings is 1. The highest BCUT2D eigenvalue weighted by Crippen LogP contribution is 2.49. The second kappa shape index (κ2) is 8.51. The fourth-order valence-electron chi connectivity index (χ4n) is 4.50. The van der Waals surface area contributed by atoms with Crippen LogP contribution in [0.2, 0.25) is 0 Å². The lowest BCUT2D eigenvalue weighted by Crippen LogP contribution is -2.67. The van der Waals surface area contributed by atoms with Crippen LogP contribution in [0.1, 0.15) is 12.0 Å². The molecule has 1 fully saturated rings. The third-order valence-corrected chi connectivity index (χ3v) is 6.18. The minimum Gasteiger partial charge on any atom is -0.495 e. The number of ether oxygens (including phenoxy) is 2. The number of hydrogen-bond donors (Lipinski definition) is 1. The van der Waals surface area contributed by atoms with Crippen molar-refractivity contribution in [3.05, 3.63) is 90.6 Å². The lowest BCUT2D eigenvalue weighted by Gasteiger charge is -2.51. The zero-order chi connectivity index (χ0) is 23.7. The molecule has 5 rings (SSSR count). The topological polar surface area (TPSA) is 80.8 Å².